The number of carbonyl (C=O) groups is 1. The lowest BCUT2D eigenvalue weighted by molar-refractivity contribution is 0.159. The Kier molecular flexibility index (Phi) is 8.84. The molecule has 102 valence electrons. The molecule has 0 atom stereocenters. The number of hydrogen-bond donors (Lipinski definition) is 2. The Morgan fingerprint density at radius 3 is 2.50 bits per heavy atom. The van der Waals surface area contributed by atoms with Crippen LogP contribution in [0.25, 0.3) is 0 Å². The molecule has 5 heteroatoms. The van der Waals surface area contributed by atoms with Crippen molar-refractivity contribution in [1.82, 2.24) is 0 Å². The van der Waals surface area contributed by atoms with Crippen molar-refractivity contribution in [2.24, 2.45) is 0 Å². The summed E-state index contributed by atoms with van der Waals surface area (Å²) < 4.78 is 5.04. The lowest BCUT2D eigenvalue weighted by Crippen LogP contribution is -2.14. The van der Waals surface area contributed by atoms with E-state index in [9.17, 15) is 4.79 Å². The molecule has 4 nitrogen and oxygen atoms in total. The molecule has 0 spiro atoms. The highest BCUT2D eigenvalue weighted by atomic mass is 35.5. The summed E-state index contributed by atoms with van der Waals surface area (Å²) in [6.07, 6.45) is 3.97. The molecule has 18 heavy (non-hydrogen) atoms. The van der Waals surface area contributed by atoms with Gasteiger partial charge in [-0.3, -0.25) is 5.32 Å². The molecule has 0 saturated heterocycles. The number of unbranched alkanes of at least 4 members (excludes halogenated alkanes) is 3. The zero-order chi connectivity index (χ0) is 12.5. The fraction of sp³-hybridized carbons (Fsp3) is 0.462. The van der Waals surface area contributed by atoms with Gasteiger partial charge in [-0.1, -0.05) is 26.2 Å². The number of hydrogen-bond acceptors (Lipinski definition) is 3. The Morgan fingerprint density at radius 1 is 1.22 bits per heavy atom. The van der Waals surface area contributed by atoms with Gasteiger partial charge in [0.25, 0.3) is 0 Å². The van der Waals surface area contributed by atoms with Crippen LogP contribution in [0.1, 0.15) is 32.6 Å². The van der Waals surface area contributed by atoms with E-state index in [2.05, 4.69) is 12.2 Å². The summed E-state index contributed by atoms with van der Waals surface area (Å²) >= 11 is 0. The lowest BCUT2D eigenvalue weighted by atomic mass is 10.2. The summed E-state index contributed by atoms with van der Waals surface area (Å²) in [5.41, 5.74) is 6.90. The van der Waals surface area contributed by atoms with E-state index in [4.69, 9.17) is 10.5 Å². The molecule has 1 amide bonds. The van der Waals surface area contributed by atoms with Gasteiger partial charge in [0, 0.05) is 11.4 Å². The molecule has 1 aromatic rings. The van der Waals surface area contributed by atoms with Crippen molar-refractivity contribution >= 4 is 29.9 Å². The number of nitrogen functional groups attached to an aromatic ring is 1. The van der Waals surface area contributed by atoms with Crippen molar-refractivity contribution in [3.05, 3.63) is 24.3 Å². The molecule has 0 radical (unpaired) electrons. The minimum Gasteiger partial charge on any atom is -0.449 e. The SMILES string of the molecule is CCCCCCOC(=O)Nc1ccc(N)cc1.Cl. The van der Waals surface area contributed by atoms with E-state index in [-0.39, 0.29) is 12.4 Å². The van der Waals surface area contributed by atoms with Crippen molar-refractivity contribution in [1.29, 1.82) is 0 Å². The highest BCUT2D eigenvalue weighted by Crippen LogP contribution is 2.10. The Hall–Kier alpha value is -1.42. The smallest absolute Gasteiger partial charge is 0.411 e. The number of amides is 1. The van der Waals surface area contributed by atoms with Crippen LogP contribution in [-0.2, 0) is 4.74 Å². The van der Waals surface area contributed by atoms with Crippen LogP contribution >= 0.6 is 12.4 Å². The van der Waals surface area contributed by atoms with Crippen LogP contribution in [0.5, 0.6) is 0 Å². The third-order valence-corrected chi connectivity index (χ3v) is 2.39. The zero-order valence-electron chi connectivity index (χ0n) is 10.6. The molecule has 0 aliphatic carbocycles. The molecule has 0 aliphatic heterocycles. The standard InChI is InChI=1S/C13H20N2O2.ClH/c1-2-3-4-5-10-17-13(16)15-12-8-6-11(14)7-9-12;/h6-9H,2-5,10,14H2,1H3,(H,15,16);1H. The highest BCUT2D eigenvalue weighted by Gasteiger charge is 2.02. The van der Waals surface area contributed by atoms with Crippen molar-refractivity contribution in [3.63, 3.8) is 0 Å². The first-order valence-electron chi connectivity index (χ1n) is 6.01. The number of carbonyl (C=O) groups excluding carboxylic acids is 1. The molecule has 1 aromatic carbocycles. The first-order chi connectivity index (χ1) is 8.22. The van der Waals surface area contributed by atoms with Gasteiger partial charge < -0.3 is 10.5 Å². The largest absolute Gasteiger partial charge is 0.449 e. The van der Waals surface area contributed by atoms with Gasteiger partial charge in [-0.05, 0) is 30.7 Å². The molecular weight excluding hydrogens is 252 g/mol. The molecule has 0 unspecified atom stereocenters. The maximum absolute atomic E-state index is 11.4. The second-order valence-corrected chi connectivity index (χ2v) is 3.94. The van der Waals surface area contributed by atoms with Crippen molar-refractivity contribution in [2.75, 3.05) is 17.7 Å². The van der Waals surface area contributed by atoms with Crippen molar-refractivity contribution < 1.29 is 9.53 Å². The molecule has 0 fully saturated rings. The number of rotatable bonds is 6. The summed E-state index contributed by atoms with van der Waals surface area (Å²) in [6, 6.07) is 6.95. The number of nitrogens with two attached hydrogens (primary N) is 1. The van der Waals surface area contributed by atoms with E-state index in [1.807, 2.05) is 0 Å². The van der Waals surface area contributed by atoms with Gasteiger partial charge in [-0.25, -0.2) is 4.79 Å². The Labute approximate surface area is 114 Å². The average molecular weight is 273 g/mol. The minimum absolute atomic E-state index is 0. The second-order valence-electron chi connectivity index (χ2n) is 3.94. The molecule has 0 bridgehead atoms. The third kappa shape index (κ3) is 7.01. The molecule has 0 aromatic heterocycles. The number of anilines is 2. The molecule has 0 heterocycles. The summed E-state index contributed by atoms with van der Waals surface area (Å²) in [5, 5.41) is 2.64. The van der Waals surface area contributed by atoms with E-state index in [1.165, 1.54) is 12.8 Å². The number of benzene rings is 1. The second kappa shape index (κ2) is 9.59. The van der Waals surface area contributed by atoms with Crippen molar-refractivity contribution in [3.8, 4) is 0 Å². The number of ether oxygens (including phenoxy) is 1. The van der Waals surface area contributed by atoms with Crippen molar-refractivity contribution in [2.45, 2.75) is 32.6 Å². The summed E-state index contributed by atoms with van der Waals surface area (Å²) in [7, 11) is 0. The first-order valence-corrected chi connectivity index (χ1v) is 6.01. The molecule has 3 N–H and O–H groups in total. The minimum atomic E-state index is -0.411. The van der Waals surface area contributed by atoms with Crippen LogP contribution in [0.2, 0.25) is 0 Å². The normalized spacial score (nSPS) is 9.39. The number of nitrogens with one attached hydrogen (secondary N) is 1. The third-order valence-electron chi connectivity index (χ3n) is 2.39. The molecular formula is C13H21ClN2O2. The predicted molar refractivity (Wildman–Crippen MR) is 77.2 cm³/mol. The van der Waals surface area contributed by atoms with Gasteiger partial charge in [-0.2, -0.15) is 0 Å². The predicted octanol–water partition coefficient (Wildman–Crippen LogP) is 3.82. The summed E-state index contributed by atoms with van der Waals surface area (Å²) in [5.74, 6) is 0. The first kappa shape index (κ1) is 16.6. The van der Waals surface area contributed by atoms with E-state index in [0.29, 0.717) is 18.0 Å². The Morgan fingerprint density at radius 2 is 1.89 bits per heavy atom. The van der Waals surface area contributed by atoms with Gasteiger partial charge in [0.05, 0.1) is 6.61 Å². The molecule has 0 aliphatic rings. The topological polar surface area (TPSA) is 64.3 Å². The van der Waals surface area contributed by atoms with Crippen LogP contribution in [0.3, 0.4) is 0 Å². The summed E-state index contributed by atoms with van der Waals surface area (Å²) in [4.78, 5) is 11.4. The van der Waals surface area contributed by atoms with Gasteiger partial charge >= 0.3 is 6.09 Å². The van der Waals surface area contributed by atoms with Crippen LogP contribution in [0.15, 0.2) is 24.3 Å². The van der Waals surface area contributed by atoms with Gasteiger partial charge in [0.1, 0.15) is 0 Å². The van der Waals surface area contributed by atoms with Crippen LogP contribution in [0, 0.1) is 0 Å². The van der Waals surface area contributed by atoms with Gasteiger partial charge in [0.15, 0.2) is 0 Å². The quantitative estimate of drug-likeness (QED) is 0.611. The lowest BCUT2D eigenvalue weighted by Gasteiger charge is -2.06. The zero-order valence-corrected chi connectivity index (χ0v) is 11.5. The van der Waals surface area contributed by atoms with E-state index in [0.717, 1.165) is 12.8 Å². The fourth-order valence-electron chi connectivity index (χ4n) is 1.41. The highest BCUT2D eigenvalue weighted by molar-refractivity contribution is 5.85. The molecule has 0 saturated carbocycles. The van der Waals surface area contributed by atoms with Crippen LogP contribution in [0.4, 0.5) is 16.2 Å². The van der Waals surface area contributed by atoms with Gasteiger partial charge in [-0.15, -0.1) is 12.4 Å². The summed E-state index contributed by atoms with van der Waals surface area (Å²) in [6.45, 7) is 2.62. The maximum Gasteiger partial charge on any atom is 0.411 e. The number of halogens is 1. The Balaban J connectivity index is 0.00000289. The van der Waals surface area contributed by atoms with E-state index in [1.54, 1.807) is 24.3 Å². The van der Waals surface area contributed by atoms with Crippen LogP contribution in [-0.4, -0.2) is 12.7 Å². The maximum atomic E-state index is 11.4. The monoisotopic (exact) mass is 272 g/mol. The van der Waals surface area contributed by atoms with E-state index >= 15 is 0 Å². The average Bonchev–Trinajstić information content (AvgIpc) is 2.32. The fourth-order valence-corrected chi connectivity index (χ4v) is 1.41. The van der Waals surface area contributed by atoms with Crippen LogP contribution < -0.4 is 11.1 Å². The Bertz CT molecular complexity index is 341. The van der Waals surface area contributed by atoms with E-state index < -0.39 is 6.09 Å². The molecule has 1 rings (SSSR count). The van der Waals surface area contributed by atoms with Gasteiger partial charge in [0.2, 0.25) is 0 Å².